The highest BCUT2D eigenvalue weighted by Gasteiger charge is 2.27. The predicted molar refractivity (Wildman–Crippen MR) is 111 cm³/mol. The molecular formula is C22H30N4O3. The zero-order valence-electron chi connectivity index (χ0n) is 17.4. The zero-order chi connectivity index (χ0) is 20.9. The monoisotopic (exact) mass is 398 g/mol. The summed E-state index contributed by atoms with van der Waals surface area (Å²) in [6.07, 6.45) is 6.05. The lowest BCUT2D eigenvalue weighted by Crippen LogP contribution is -2.47. The van der Waals surface area contributed by atoms with Crippen molar-refractivity contribution < 1.29 is 14.3 Å². The number of piperidine rings is 1. The molecule has 0 atom stereocenters. The number of likely N-dealkylation sites (tertiary alicyclic amines) is 1. The van der Waals surface area contributed by atoms with E-state index < -0.39 is 5.60 Å². The van der Waals surface area contributed by atoms with Gasteiger partial charge in [-0.05, 0) is 57.7 Å². The smallest absolute Gasteiger partial charge is 0.410 e. The molecule has 0 radical (unpaired) electrons. The molecule has 1 N–H and O–H groups in total. The molecule has 2 amide bonds. The summed E-state index contributed by atoms with van der Waals surface area (Å²) in [5, 5.41) is 7.46. The molecule has 1 aromatic carbocycles. The van der Waals surface area contributed by atoms with Crippen molar-refractivity contribution in [1.29, 1.82) is 0 Å². The molecular weight excluding hydrogens is 368 g/mol. The number of amides is 2. The summed E-state index contributed by atoms with van der Waals surface area (Å²) in [5.74, 6) is 0.0354. The number of nitrogens with zero attached hydrogens (tertiary/aromatic N) is 3. The normalized spacial score (nSPS) is 15.2. The van der Waals surface area contributed by atoms with Crippen molar-refractivity contribution in [3.63, 3.8) is 0 Å². The lowest BCUT2D eigenvalue weighted by atomic mass is 10.0. The highest BCUT2D eigenvalue weighted by Crippen LogP contribution is 2.16. The van der Waals surface area contributed by atoms with E-state index in [-0.39, 0.29) is 18.0 Å². The number of para-hydroxylation sites is 1. The summed E-state index contributed by atoms with van der Waals surface area (Å²) in [6.45, 7) is 6.79. The number of carbonyl (C=O) groups excluding carboxylic acids is 2. The van der Waals surface area contributed by atoms with E-state index in [2.05, 4.69) is 10.4 Å². The van der Waals surface area contributed by atoms with Crippen LogP contribution in [0, 0.1) is 0 Å². The summed E-state index contributed by atoms with van der Waals surface area (Å²) in [7, 11) is 0. The highest BCUT2D eigenvalue weighted by molar-refractivity contribution is 5.76. The van der Waals surface area contributed by atoms with E-state index in [4.69, 9.17) is 4.74 Å². The number of hydrogen-bond acceptors (Lipinski definition) is 4. The van der Waals surface area contributed by atoms with Crippen molar-refractivity contribution in [1.82, 2.24) is 20.0 Å². The third kappa shape index (κ3) is 6.34. The maximum Gasteiger partial charge on any atom is 0.410 e. The Balaban J connectivity index is 1.40. The Hall–Kier alpha value is -2.83. The fraction of sp³-hybridized carbons (Fsp3) is 0.500. The Bertz CT molecular complexity index is 818. The molecule has 0 bridgehead atoms. The van der Waals surface area contributed by atoms with Crippen molar-refractivity contribution in [3.8, 4) is 5.69 Å². The molecule has 1 saturated heterocycles. The van der Waals surface area contributed by atoms with Crippen LogP contribution in [0.15, 0.2) is 42.7 Å². The minimum absolute atomic E-state index is 0.0354. The number of rotatable bonds is 5. The molecule has 7 heteroatoms. The number of aromatic nitrogens is 2. The average Bonchev–Trinajstić information content (AvgIpc) is 3.15. The molecule has 29 heavy (non-hydrogen) atoms. The van der Waals surface area contributed by atoms with Crippen molar-refractivity contribution >= 4 is 12.0 Å². The van der Waals surface area contributed by atoms with E-state index in [1.807, 2.05) is 62.0 Å². The van der Waals surface area contributed by atoms with E-state index in [0.717, 1.165) is 24.1 Å². The van der Waals surface area contributed by atoms with Crippen LogP contribution >= 0.6 is 0 Å². The van der Waals surface area contributed by atoms with Crippen LogP contribution in [0.4, 0.5) is 4.79 Å². The first-order valence-corrected chi connectivity index (χ1v) is 10.2. The second-order valence-electron chi connectivity index (χ2n) is 8.44. The highest BCUT2D eigenvalue weighted by atomic mass is 16.6. The molecule has 1 aliphatic rings. The topological polar surface area (TPSA) is 76.5 Å². The van der Waals surface area contributed by atoms with Crippen molar-refractivity contribution in [2.75, 3.05) is 13.1 Å². The molecule has 3 rings (SSSR count). The second-order valence-corrected chi connectivity index (χ2v) is 8.44. The van der Waals surface area contributed by atoms with Gasteiger partial charge in [0.05, 0.1) is 11.9 Å². The van der Waals surface area contributed by atoms with Crippen LogP contribution in [0.3, 0.4) is 0 Å². The van der Waals surface area contributed by atoms with Gasteiger partial charge in [0.1, 0.15) is 5.60 Å². The lowest BCUT2D eigenvalue weighted by molar-refractivity contribution is -0.122. The fourth-order valence-electron chi connectivity index (χ4n) is 3.30. The zero-order valence-corrected chi connectivity index (χ0v) is 17.4. The predicted octanol–water partition coefficient (Wildman–Crippen LogP) is 3.32. The van der Waals surface area contributed by atoms with Gasteiger partial charge in [-0.25, -0.2) is 9.48 Å². The standard InChI is InChI=1S/C22H30N4O3/c1-22(2,3)29-21(28)25-13-11-18(12-14-25)24-20(27)10-9-17-15-23-26(16-17)19-7-5-4-6-8-19/h4-8,15-16,18H,9-14H2,1-3H3,(H,24,27). The van der Waals surface area contributed by atoms with Gasteiger partial charge in [-0.1, -0.05) is 18.2 Å². The number of aryl methyl sites for hydroxylation is 1. The third-order valence-corrected chi connectivity index (χ3v) is 4.81. The first kappa shape index (κ1) is 20.9. The Morgan fingerprint density at radius 2 is 1.86 bits per heavy atom. The van der Waals surface area contributed by atoms with Gasteiger partial charge < -0.3 is 15.0 Å². The van der Waals surface area contributed by atoms with E-state index in [0.29, 0.717) is 25.9 Å². The third-order valence-electron chi connectivity index (χ3n) is 4.81. The summed E-state index contributed by atoms with van der Waals surface area (Å²) < 4.78 is 7.23. The second kappa shape index (κ2) is 9.11. The van der Waals surface area contributed by atoms with Gasteiger partial charge in [0.25, 0.3) is 0 Å². The number of hydrogen-bond donors (Lipinski definition) is 1. The van der Waals surface area contributed by atoms with E-state index in [1.54, 1.807) is 11.1 Å². The molecule has 2 heterocycles. The quantitative estimate of drug-likeness (QED) is 0.838. The number of benzene rings is 1. The Labute approximate surface area is 172 Å². The average molecular weight is 399 g/mol. The summed E-state index contributed by atoms with van der Waals surface area (Å²) in [6, 6.07) is 10.0. The molecule has 1 aromatic heterocycles. The first-order chi connectivity index (χ1) is 13.8. The molecule has 1 aliphatic heterocycles. The minimum atomic E-state index is -0.490. The molecule has 0 spiro atoms. The van der Waals surface area contributed by atoms with Gasteiger partial charge in [-0.3, -0.25) is 4.79 Å². The molecule has 156 valence electrons. The van der Waals surface area contributed by atoms with Crippen molar-refractivity contribution in [2.45, 2.75) is 58.1 Å². The van der Waals surface area contributed by atoms with Crippen LogP contribution in [0.1, 0.15) is 45.6 Å². The molecule has 1 fully saturated rings. The molecule has 2 aromatic rings. The van der Waals surface area contributed by atoms with Gasteiger partial charge in [-0.15, -0.1) is 0 Å². The Kier molecular flexibility index (Phi) is 6.56. The van der Waals surface area contributed by atoms with Gasteiger partial charge in [0, 0.05) is 31.7 Å². The van der Waals surface area contributed by atoms with E-state index >= 15 is 0 Å². The number of carbonyl (C=O) groups is 2. The van der Waals surface area contributed by atoms with E-state index in [1.165, 1.54) is 0 Å². The van der Waals surface area contributed by atoms with Crippen molar-refractivity contribution in [2.24, 2.45) is 0 Å². The summed E-state index contributed by atoms with van der Waals surface area (Å²) in [5.41, 5.74) is 1.54. The van der Waals surface area contributed by atoms with Crippen molar-refractivity contribution in [3.05, 3.63) is 48.3 Å². The summed E-state index contributed by atoms with van der Waals surface area (Å²) in [4.78, 5) is 26.1. The van der Waals surface area contributed by atoms with E-state index in [9.17, 15) is 9.59 Å². The lowest BCUT2D eigenvalue weighted by Gasteiger charge is -2.33. The van der Waals surface area contributed by atoms with Crippen LogP contribution in [0.2, 0.25) is 0 Å². The molecule has 0 aliphatic carbocycles. The van der Waals surface area contributed by atoms with Crippen LogP contribution < -0.4 is 5.32 Å². The minimum Gasteiger partial charge on any atom is -0.444 e. The van der Waals surface area contributed by atoms with Gasteiger partial charge in [0.15, 0.2) is 0 Å². The molecule has 7 nitrogen and oxygen atoms in total. The maximum absolute atomic E-state index is 12.3. The number of ether oxygens (including phenoxy) is 1. The Morgan fingerprint density at radius 3 is 2.52 bits per heavy atom. The SMILES string of the molecule is CC(C)(C)OC(=O)N1CCC(NC(=O)CCc2cnn(-c3ccccc3)c2)CC1. The van der Waals surface area contributed by atoms with Crippen LogP contribution in [0.5, 0.6) is 0 Å². The van der Waals surface area contributed by atoms with Gasteiger partial charge in [-0.2, -0.15) is 5.10 Å². The maximum atomic E-state index is 12.3. The Morgan fingerprint density at radius 1 is 1.17 bits per heavy atom. The summed E-state index contributed by atoms with van der Waals surface area (Å²) >= 11 is 0. The first-order valence-electron chi connectivity index (χ1n) is 10.2. The molecule has 0 saturated carbocycles. The fourth-order valence-corrected chi connectivity index (χ4v) is 3.30. The molecule has 0 unspecified atom stereocenters. The van der Waals surface area contributed by atoms with Crippen LogP contribution in [-0.4, -0.2) is 51.4 Å². The number of nitrogens with one attached hydrogen (secondary N) is 1. The van der Waals surface area contributed by atoms with Gasteiger partial charge in [0.2, 0.25) is 5.91 Å². The van der Waals surface area contributed by atoms with Gasteiger partial charge >= 0.3 is 6.09 Å². The van der Waals surface area contributed by atoms with Crippen LogP contribution in [-0.2, 0) is 16.0 Å². The largest absolute Gasteiger partial charge is 0.444 e. The van der Waals surface area contributed by atoms with Crippen LogP contribution in [0.25, 0.3) is 5.69 Å².